The van der Waals surface area contributed by atoms with Gasteiger partial charge in [-0.2, -0.15) is 0 Å². The topological polar surface area (TPSA) is 92.8 Å². The average molecular weight is 360 g/mol. The Morgan fingerprint density at radius 1 is 1.21 bits per heavy atom. The number of carbonyl (C=O) groups excluding carboxylic acids is 2. The maximum absolute atomic E-state index is 12.5. The zero-order chi connectivity index (χ0) is 17.8. The van der Waals surface area contributed by atoms with Gasteiger partial charge < -0.3 is 15.0 Å². The van der Waals surface area contributed by atoms with Crippen LogP contribution in [0, 0.1) is 5.41 Å². The van der Waals surface area contributed by atoms with Crippen molar-refractivity contribution in [3.8, 4) is 0 Å². The summed E-state index contributed by atoms with van der Waals surface area (Å²) in [6.07, 6.45) is 6.74. The van der Waals surface area contributed by atoms with E-state index in [0.29, 0.717) is 25.8 Å². The first-order valence-corrected chi connectivity index (χ1v) is 10.5. The van der Waals surface area contributed by atoms with Gasteiger partial charge in [0.25, 0.3) is 0 Å². The van der Waals surface area contributed by atoms with E-state index >= 15 is 0 Å². The van der Waals surface area contributed by atoms with Gasteiger partial charge in [-0.25, -0.2) is 13.2 Å². The standard InChI is InChI=1S/C16H28N2O5S/c1-23-14(19)16(8-4-5-9-16)12-17-15(20)18-10-6-3-7-13(11-18)24(2,21)22/h13H,3-12H2,1-2H3,(H,17,20). The highest BCUT2D eigenvalue weighted by atomic mass is 32.2. The molecule has 2 aliphatic rings. The van der Waals surface area contributed by atoms with Crippen molar-refractivity contribution in [2.45, 2.75) is 50.2 Å². The van der Waals surface area contributed by atoms with Gasteiger partial charge in [0.2, 0.25) is 0 Å². The molecule has 1 saturated heterocycles. The molecule has 1 aliphatic carbocycles. The summed E-state index contributed by atoms with van der Waals surface area (Å²) in [7, 11) is -1.80. The third-order valence-corrected chi connectivity index (χ3v) is 6.87. The van der Waals surface area contributed by atoms with Gasteiger partial charge in [-0.3, -0.25) is 4.79 Å². The number of nitrogens with one attached hydrogen (secondary N) is 1. The maximum atomic E-state index is 12.5. The Kier molecular flexibility index (Phi) is 6.11. The number of urea groups is 1. The molecule has 24 heavy (non-hydrogen) atoms. The van der Waals surface area contributed by atoms with Crippen LogP contribution in [-0.4, -0.2) is 63.6 Å². The lowest BCUT2D eigenvalue weighted by atomic mass is 9.86. The highest BCUT2D eigenvalue weighted by molar-refractivity contribution is 7.91. The number of sulfone groups is 1. The van der Waals surface area contributed by atoms with Gasteiger partial charge in [0, 0.05) is 25.9 Å². The molecule has 0 bridgehead atoms. The van der Waals surface area contributed by atoms with Gasteiger partial charge in [0.15, 0.2) is 9.84 Å². The van der Waals surface area contributed by atoms with Gasteiger partial charge in [-0.15, -0.1) is 0 Å². The molecule has 0 aromatic rings. The molecule has 1 heterocycles. The van der Waals surface area contributed by atoms with Crippen LogP contribution in [0.2, 0.25) is 0 Å². The summed E-state index contributed by atoms with van der Waals surface area (Å²) in [5, 5.41) is 2.33. The van der Waals surface area contributed by atoms with Gasteiger partial charge in [-0.05, 0) is 25.7 Å². The Balaban J connectivity index is 1.99. The largest absolute Gasteiger partial charge is 0.469 e. The fourth-order valence-corrected chi connectivity index (χ4v) is 4.76. The van der Waals surface area contributed by atoms with E-state index in [2.05, 4.69) is 5.32 Å². The van der Waals surface area contributed by atoms with Crippen LogP contribution in [0.3, 0.4) is 0 Å². The number of rotatable bonds is 4. The van der Waals surface area contributed by atoms with Crippen molar-refractivity contribution in [2.24, 2.45) is 5.41 Å². The molecule has 7 nitrogen and oxygen atoms in total. The number of nitrogens with zero attached hydrogens (tertiary/aromatic N) is 1. The first-order valence-electron chi connectivity index (χ1n) is 8.58. The summed E-state index contributed by atoms with van der Waals surface area (Å²) in [6, 6.07) is -0.291. The van der Waals surface area contributed by atoms with Gasteiger partial charge in [0.1, 0.15) is 0 Å². The lowest BCUT2D eigenvalue weighted by molar-refractivity contribution is -0.152. The summed E-state index contributed by atoms with van der Waals surface area (Å²) in [4.78, 5) is 26.2. The van der Waals surface area contributed by atoms with E-state index in [9.17, 15) is 18.0 Å². The highest BCUT2D eigenvalue weighted by Gasteiger charge is 2.42. The fraction of sp³-hybridized carbons (Fsp3) is 0.875. The number of amides is 2. The van der Waals surface area contributed by atoms with Crippen LogP contribution in [-0.2, 0) is 19.4 Å². The second-order valence-electron chi connectivity index (χ2n) is 7.03. The second kappa shape index (κ2) is 7.72. The van der Waals surface area contributed by atoms with E-state index in [4.69, 9.17) is 4.74 Å². The molecule has 0 aromatic carbocycles. The van der Waals surface area contributed by atoms with E-state index in [1.165, 1.54) is 13.4 Å². The zero-order valence-corrected chi connectivity index (χ0v) is 15.4. The van der Waals surface area contributed by atoms with Crippen molar-refractivity contribution in [1.29, 1.82) is 0 Å². The Morgan fingerprint density at radius 2 is 1.88 bits per heavy atom. The summed E-state index contributed by atoms with van der Waals surface area (Å²) in [6.45, 7) is 1.01. The van der Waals surface area contributed by atoms with Crippen molar-refractivity contribution in [2.75, 3.05) is 33.0 Å². The minimum Gasteiger partial charge on any atom is -0.469 e. The Labute approximate surface area is 144 Å². The minimum atomic E-state index is -3.17. The lowest BCUT2D eigenvalue weighted by Crippen LogP contribution is -2.49. The van der Waals surface area contributed by atoms with Gasteiger partial charge in [0.05, 0.1) is 17.8 Å². The predicted octanol–water partition coefficient (Wildman–Crippen LogP) is 1.33. The minimum absolute atomic E-state index is 0.218. The Hall–Kier alpha value is -1.31. The molecule has 138 valence electrons. The van der Waals surface area contributed by atoms with Gasteiger partial charge in [-0.1, -0.05) is 19.3 Å². The molecule has 1 N–H and O–H groups in total. The predicted molar refractivity (Wildman–Crippen MR) is 90.4 cm³/mol. The number of esters is 1. The summed E-state index contributed by atoms with van der Waals surface area (Å²) in [5.74, 6) is -0.273. The van der Waals surface area contributed by atoms with Gasteiger partial charge >= 0.3 is 12.0 Å². The quantitative estimate of drug-likeness (QED) is 0.764. The van der Waals surface area contributed by atoms with E-state index < -0.39 is 20.5 Å². The van der Waals surface area contributed by atoms with Crippen LogP contribution in [0.4, 0.5) is 4.79 Å². The van der Waals surface area contributed by atoms with Crippen LogP contribution in [0.1, 0.15) is 44.9 Å². The normalized spacial score (nSPS) is 24.2. The number of hydrogen-bond acceptors (Lipinski definition) is 5. The molecule has 0 radical (unpaired) electrons. The molecule has 2 rings (SSSR count). The van der Waals surface area contributed by atoms with Crippen molar-refractivity contribution in [1.82, 2.24) is 10.2 Å². The zero-order valence-electron chi connectivity index (χ0n) is 14.5. The lowest BCUT2D eigenvalue weighted by Gasteiger charge is -2.29. The average Bonchev–Trinajstić information content (AvgIpc) is 2.87. The molecule has 1 atom stereocenters. The Morgan fingerprint density at radius 3 is 2.46 bits per heavy atom. The SMILES string of the molecule is COC(=O)C1(CNC(=O)N2CCCCC(S(C)(=O)=O)C2)CCCC1. The van der Waals surface area contributed by atoms with E-state index in [1.807, 2.05) is 0 Å². The molecule has 2 fully saturated rings. The smallest absolute Gasteiger partial charge is 0.317 e. The van der Waals surface area contributed by atoms with Crippen molar-refractivity contribution < 1.29 is 22.7 Å². The Bertz CT molecular complexity index is 569. The first-order chi connectivity index (χ1) is 11.3. The number of hydrogen-bond donors (Lipinski definition) is 1. The molecule has 1 unspecified atom stereocenters. The number of carbonyl (C=O) groups is 2. The number of methoxy groups -OCH3 is 1. The fourth-order valence-electron chi connectivity index (χ4n) is 3.71. The molecular formula is C16H28N2O5S. The highest BCUT2D eigenvalue weighted by Crippen LogP contribution is 2.38. The summed E-state index contributed by atoms with van der Waals surface area (Å²) in [5.41, 5.74) is -0.632. The molecule has 0 spiro atoms. The van der Waals surface area contributed by atoms with E-state index in [-0.39, 0.29) is 25.1 Å². The number of ether oxygens (including phenoxy) is 1. The molecule has 8 heteroatoms. The van der Waals surface area contributed by atoms with Crippen LogP contribution < -0.4 is 5.32 Å². The van der Waals surface area contributed by atoms with Crippen molar-refractivity contribution in [3.63, 3.8) is 0 Å². The molecular weight excluding hydrogens is 332 g/mol. The molecule has 1 aliphatic heterocycles. The van der Waals surface area contributed by atoms with Crippen LogP contribution in [0.5, 0.6) is 0 Å². The van der Waals surface area contributed by atoms with Crippen LogP contribution >= 0.6 is 0 Å². The second-order valence-corrected chi connectivity index (χ2v) is 9.36. The molecule has 1 saturated carbocycles. The molecule has 0 aromatic heterocycles. The third kappa shape index (κ3) is 4.40. The van der Waals surface area contributed by atoms with Crippen LogP contribution in [0.15, 0.2) is 0 Å². The van der Waals surface area contributed by atoms with Crippen molar-refractivity contribution >= 4 is 21.8 Å². The van der Waals surface area contributed by atoms with Crippen LogP contribution in [0.25, 0.3) is 0 Å². The van der Waals surface area contributed by atoms with E-state index in [0.717, 1.165) is 25.7 Å². The summed E-state index contributed by atoms with van der Waals surface area (Å²) >= 11 is 0. The van der Waals surface area contributed by atoms with Crippen molar-refractivity contribution in [3.05, 3.63) is 0 Å². The first kappa shape index (κ1) is 19.0. The molecule has 2 amide bonds. The summed E-state index contributed by atoms with van der Waals surface area (Å²) < 4.78 is 28.6. The third-order valence-electron chi connectivity index (χ3n) is 5.28. The number of likely N-dealkylation sites (tertiary alicyclic amines) is 1. The van der Waals surface area contributed by atoms with E-state index in [1.54, 1.807) is 4.90 Å². The monoisotopic (exact) mass is 360 g/mol. The maximum Gasteiger partial charge on any atom is 0.317 e.